The first-order chi connectivity index (χ1) is 10.1. The van der Waals surface area contributed by atoms with Gasteiger partial charge in [-0.15, -0.1) is 0 Å². The van der Waals surface area contributed by atoms with Gasteiger partial charge in [0, 0.05) is 17.8 Å². The van der Waals surface area contributed by atoms with Crippen molar-refractivity contribution in [1.82, 2.24) is 0 Å². The Hall–Kier alpha value is -2.62. The van der Waals surface area contributed by atoms with Gasteiger partial charge in [-0.2, -0.15) is 5.26 Å². The van der Waals surface area contributed by atoms with Gasteiger partial charge in [0.1, 0.15) is 5.75 Å². The number of nitriles is 1. The highest BCUT2D eigenvalue weighted by molar-refractivity contribution is 6.61. The number of nitrogens with zero attached hydrogens (tertiary/aromatic N) is 2. The Morgan fingerprint density at radius 2 is 2.33 bits per heavy atom. The fourth-order valence-corrected chi connectivity index (χ4v) is 1.79. The van der Waals surface area contributed by atoms with E-state index in [1.165, 1.54) is 18.4 Å². The van der Waals surface area contributed by atoms with E-state index in [1.807, 2.05) is 6.07 Å². The molecule has 6 heteroatoms. The predicted octanol–water partition coefficient (Wildman–Crippen LogP) is 1.46. The molecule has 0 aromatic heterocycles. The van der Waals surface area contributed by atoms with Crippen LogP contribution in [0.1, 0.15) is 5.56 Å². The van der Waals surface area contributed by atoms with Gasteiger partial charge in [-0.3, -0.25) is 0 Å². The molecule has 0 radical (unpaired) electrons. The molecular weight excluding hydrogens is 267 g/mol. The molecule has 1 N–H and O–H groups in total. The highest BCUT2D eigenvalue weighted by Gasteiger charge is 2.27. The molecule has 0 bridgehead atoms. The van der Waals surface area contributed by atoms with Crippen molar-refractivity contribution in [2.24, 2.45) is 4.99 Å². The van der Waals surface area contributed by atoms with E-state index >= 15 is 0 Å². The number of rotatable bonds is 4. The average Bonchev–Trinajstić information content (AvgIpc) is 2.85. The third-order valence-electron chi connectivity index (χ3n) is 2.79. The van der Waals surface area contributed by atoms with Gasteiger partial charge in [0.15, 0.2) is 0 Å². The highest BCUT2D eigenvalue weighted by Crippen LogP contribution is 2.17. The van der Waals surface area contributed by atoms with E-state index in [0.717, 1.165) is 11.0 Å². The highest BCUT2D eigenvalue weighted by atomic mass is 16.5. The summed E-state index contributed by atoms with van der Waals surface area (Å²) in [5.74, 6) is 0.833. The number of aliphatic imine (C=N–C) groups is 1. The lowest BCUT2D eigenvalue weighted by molar-refractivity contribution is 0.275. The van der Waals surface area contributed by atoms with E-state index in [2.05, 4.69) is 18.2 Å². The number of benzene rings is 1. The third-order valence-corrected chi connectivity index (χ3v) is 2.79. The smallest absolute Gasteiger partial charge is 0.439 e. The maximum Gasteiger partial charge on any atom is 0.491 e. The number of hydrogen-bond acceptors (Lipinski definition) is 5. The number of hydrogen-bond donors (Lipinski definition) is 1. The first-order valence-corrected chi connectivity index (χ1v) is 6.20. The fourth-order valence-electron chi connectivity index (χ4n) is 1.79. The van der Waals surface area contributed by atoms with Gasteiger partial charge < -0.3 is 14.4 Å². The van der Waals surface area contributed by atoms with E-state index in [9.17, 15) is 5.02 Å². The van der Waals surface area contributed by atoms with Gasteiger partial charge >= 0.3 is 7.12 Å². The van der Waals surface area contributed by atoms with Gasteiger partial charge in [-0.25, -0.2) is 4.99 Å². The molecule has 1 aliphatic heterocycles. The lowest BCUT2D eigenvalue weighted by Gasteiger charge is -2.06. The number of fused-ring (bicyclic) bond motifs is 1. The van der Waals surface area contributed by atoms with Crippen molar-refractivity contribution < 1.29 is 14.4 Å². The van der Waals surface area contributed by atoms with E-state index in [-0.39, 0.29) is 5.90 Å². The van der Waals surface area contributed by atoms with Crippen LogP contribution in [0.15, 0.2) is 60.3 Å². The molecule has 21 heavy (non-hydrogen) atoms. The molecule has 0 saturated heterocycles. The molecule has 1 aromatic rings. The summed E-state index contributed by atoms with van der Waals surface area (Å²) in [5, 5.41) is 18.2. The lowest BCUT2D eigenvalue weighted by atomic mass is 9.80. The third kappa shape index (κ3) is 3.69. The summed E-state index contributed by atoms with van der Waals surface area (Å²) in [6.07, 6.45) is 4.38. The second kappa shape index (κ2) is 6.70. The first kappa shape index (κ1) is 14.8. The molecule has 1 aliphatic rings. The quantitative estimate of drug-likeness (QED) is 0.298. The summed E-state index contributed by atoms with van der Waals surface area (Å²) < 4.78 is 10.7. The summed E-state index contributed by atoms with van der Waals surface area (Å²) in [7, 11) is -0.880. The van der Waals surface area contributed by atoms with Gasteiger partial charge in [0.05, 0.1) is 12.7 Å². The van der Waals surface area contributed by atoms with Crippen LogP contribution in [0, 0.1) is 11.3 Å². The lowest BCUT2D eigenvalue weighted by Crippen LogP contribution is -2.27. The second-order valence-electron chi connectivity index (χ2n) is 4.25. The Kier molecular flexibility index (Phi) is 4.72. The van der Waals surface area contributed by atoms with Crippen LogP contribution >= 0.6 is 0 Å². The Labute approximate surface area is 123 Å². The van der Waals surface area contributed by atoms with Crippen LogP contribution in [0.4, 0.5) is 0 Å². The molecule has 0 atom stereocenters. The average molecular weight is 280 g/mol. The van der Waals surface area contributed by atoms with Crippen LogP contribution in [0.5, 0.6) is 5.75 Å². The zero-order chi connectivity index (χ0) is 15.2. The van der Waals surface area contributed by atoms with Crippen LogP contribution < -0.4 is 10.2 Å². The minimum atomic E-state index is -0.880. The second-order valence-corrected chi connectivity index (χ2v) is 4.25. The van der Waals surface area contributed by atoms with Gasteiger partial charge in [0.25, 0.3) is 0 Å². The van der Waals surface area contributed by atoms with E-state index in [0.29, 0.717) is 17.9 Å². The topological polar surface area (TPSA) is 74.8 Å². The molecule has 0 unspecified atom stereocenters. The Morgan fingerprint density at radius 3 is 3.05 bits per heavy atom. The first-order valence-electron chi connectivity index (χ1n) is 6.20. The molecule has 1 heterocycles. The normalized spacial score (nSPS) is 13.9. The van der Waals surface area contributed by atoms with Crippen LogP contribution in [0.25, 0.3) is 0 Å². The summed E-state index contributed by atoms with van der Waals surface area (Å²) in [5.41, 5.74) is 1.89. The Morgan fingerprint density at radius 1 is 1.52 bits per heavy atom. The zero-order valence-corrected chi connectivity index (χ0v) is 11.3. The van der Waals surface area contributed by atoms with Gasteiger partial charge in [0.2, 0.25) is 5.90 Å². The Bertz CT molecular complexity index is 674. The van der Waals surface area contributed by atoms with Gasteiger partial charge in [-0.1, -0.05) is 19.2 Å². The molecule has 0 amide bonds. The zero-order valence-electron chi connectivity index (χ0n) is 11.3. The van der Waals surface area contributed by atoms with Crippen molar-refractivity contribution in [3.05, 3.63) is 60.8 Å². The molecule has 2 rings (SSSR count). The molecule has 5 nitrogen and oxygen atoms in total. The minimum absolute atomic E-state index is 0.279. The summed E-state index contributed by atoms with van der Waals surface area (Å²) in [6, 6.07) is 7.13. The predicted molar refractivity (Wildman–Crippen MR) is 81.0 cm³/mol. The number of allylic oxidation sites excluding steroid dienone is 2. The molecule has 0 spiro atoms. The van der Waals surface area contributed by atoms with Gasteiger partial charge in [-0.05, 0) is 29.2 Å². The monoisotopic (exact) mass is 280 g/mol. The fraction of sp³-hybridized carbons (Fsp3) is 0.0667. The van der Waals surface area contributed by atoms with E-state index < -0.39 is 7.12 Å². The molecule has 104 valence electrons. The largest absolute Gasteiger partial charge is 0.491 e. The van der Waals surface area contributed by atoms with Crippen LogP contribution in [-0.4, -0.2) is 18.0 Å². The maximum absolute atomic E-state index is 9.56. The summed E-state index contributed by atoms with van der Waals surface area (Å²) >= 11 is 0. The SMILES string of the molecule is C=CN=C(/C=C\C(=C)C#N)Oc1ccc2c(c1)COB2O. The minimum Gasteiger partial charge on any atom is -0.439 e. The molecular formula is C15H13BN2O3. The van der Waals surface area contributed by atoms with Crippen molar-refractivity contribution >= 4 is 18.5 Å². The molecule has 0 fully saturated rings. The van der Waals surface area contributed by atoms with E-state index in [4.69, 9.17) is 14.7 Å². The summed E-state index contributed by atoms with van der Waals surface area (Å²) in [4.78, 5) is 3.97. The molecule has 0 saturated carbocycles. The maximum atomic E-state index is 9.56. The van der Waals surface area contributed by atoms with Crippen LogP contribution in [0.3, 0.4) is 0 Å². The Balaban J connectivity index is 2.17. The van der Waals surface area contributed by atoms with Crippen LogP contribution in [0.2, 0.25) is 0 Å². The van der Waals surface area contributed by atoms with Crippen molar-refractivity contribution in [3.63, 3.8) is 0 Å². The molecule has 0 aliphatic carbocycles. The standard InChI is InChI=1S/C15H13BN2O3/c1-3-18-15(7-4-11(2)9-17)21-13-5-6-14-12(8-13)10-20-16(14)19/h3-8,19H,1-2,10H2/b7-4-,18-15?. The van der Waals surface area contributed by atoms with Crippen molar-refractivity contribution in [2.75, 3.05) is 0 Å². The van der Waals surface area contributed by atoms with Crippen molar-refractivity contribution in [2.45, 2.75) is 6.61 Å². The van der Waals surface area contributed by atoms with Crippen molar-refractivity contribution in [3.8, 4) is 11.8 Å². The number of ether oxygens (including phenoxy) is 1. The van der Waals surface area contributed by atoms with E-state index in [1.54, 1.807) is 18.2 Å². The molecule has 1 aromatic carbocycles. The van der Waals surface area contributed by atoms with Crippen molar-refractivity contribution in [1.29, 1.82) is 5.26 Å². The summed E-state index contributed by atoms with van der Waals surface area (Å²) in [6.45, 7) is 7.39. The van der Waals surface area contributed by atoms with Crippen LogP contribution in [-0.2, 0) is 11.3 Å².